The lowest BCUT2D eigenvalue weighted by molar-refractivity contribution is -0.660. The number of aryl methyl sites for hydroxylation is 2. The van der Waals surface area contributed by atoms with E-state index in [1.807, 2.05) is 62.8 Å². The minimum atomic E-state index is -2.84. The summed E-state index contributed by atoms with van der Waals surface area (Å²) in [5, 5.41) is 1.64. The Kier molecular flexibility index (Phi) is 2.89. The van der Waals surface area contributed by atoms with Gasteiger partial charge in [0.1, 0.15) is 18.2 Å². The molecule has 2 heteroatoms. The van der Waals surface area contributed by atoms with Crippen LogP contribution in [0.2, 0.25) is 0 Å². The Balaban J connectivity index is 1.75. The van der Waals surface area contributed by atoms with Crippen LogP contribution in [-0.2, 0) is 12.5 Å². The summed E-state index contributed by atoms with van der Waals surface area (Å²) in [5.41, 5.74) is 4.13. The minimum absolute atomic E-state index is 0.238. The summed E-state index contributed by atoms with van der Waals surface area (Å²) in [4.78, 5) is 0. The van der Waals surface area contributed by atoms with E-state index in [1.165, 1.54) is 0 Å². The van der Waals surface area contributed by atoms with Crippen LogP contribution >= 0.6 is 0 Å². The molecule has 0 N–H and O–H groups in total. The first kappa shape index (κ1) is 14.0. The number of hydrogen-bond acceptors (Lipinski definition) is 1. The van der Waals surface area contributed by atoms with E-state index in [1.54, 1.807) is 36.4 Å². The van der Waals surface area contributed by atoms with Crippen LogP contribution in [0.5, 0.6) is 0 Å². The largest absolute Gasteiger partial charge is 0.454 e. The molecule has 6 rings (SSSR count). The first-order valence-corrected chi connectivity index (χ1v) is 11.2. The van der Waals surface area contributed by atoms with Crippen LogP contribution in [0, 0.1) is 6.92 Å². The van der Waals surface area contributed by atoms with Crippen molar-refractivity contribution in [1.29, 1.82) is 0 Å². The van der Waals surface area contributed by atoms with Crippen LogP contribution in [-0.4, -0.2) is 0 Å². The molecule has 0 fully saturated rings. The Morgan fingerprint density at radius 2 is 1.64 bits per heavy atom. The monoisotopic (exact) mass is 439 g/mol. The molecule has 5 aromatic rings. The summed E-state index contributed by atoms with van der Waals surface area (Å²) in [7, 11) is 1.95. The highest BCUT2D eigenvalue weighted by Gasteiger charge is 2.37. The van der Waals surface area contributed by atoms with Crippen molar-refractivity contribution in [3.63, 3.8) is 0 Å². The van der Waals surface area contributed by atoms with Crippen molar-refractivity contribution >= 4 is 21.9 Å². The molecule has 1 aliphatic carbocycles. The number of aromatic nitrogens is 1. The minimum Gasteiger partial charge on any atom is -0.454 e. The van der Waals surface area contributed by atoms with Gasteiger partial charge in [0.15, 0.2) is 6.20 Å². The number of nitrogens with zero attached hydrogens (tertiary/aromatic N) is 1. The lowest BCUT2D eigenvalue weighted by Crippen LogP contribution is -2.31. The predicted molar refractivity (Wildman–Crippen MR) is 137 cm³/mol. The molecule has 0 aliphatic heterocycles. The quantitative estimate of drug-likeness (QED) is 0.256. The van der Waals surface area contributed by atoms with Crippen molar-refractivity contribution in [3.05, 3.63) is 89.1 Å². The molecule has 0 saturated heterocycles. The first-order valence-electron chi connectivity index (χ1n) is 14.7. The van der Waals surface area contributed by atoms with Crippen molar-refractivity contribution in [2.45, 2.75) is 45.8 Å². The highest BCUT2D eigenvalue weighted by molar-refractivity contribution is 6.14. The lowest BCUT2D eigenvalue weighted by atomic mass is 9.82. The fraction of sp³-hybridized carbons (Fsp3) is 0.258. The van der Waals surface area contributed by atoms with Gasteiger partial charge in [-0.2, -0.15) is 0 Å². The molecule has 0 radical (unpaired) electrons. The van der Waals surface area contributed by atoms with E-state index in [0.29, 0.717) is 22.3 Å². The van der Waals surface area contributed by atoms with Crippen molar-refractivity contribution < 1.29 is 18.6 Å². The Hall–Kier alpha value is -3.39. The van der Waals surface area contributed by atoms with Gasteiger partial charge in [0.25, 0.3) is 0 Å². The normalized spacial score (nSPS) is 18.5. The second kappa shape index (κ2) is 6.81. The van der Waals surface area contributed by atoms with Gasteiger partial charge in [-0.25, -0.2) is 4.57 Å². The predicted octanol–water partition coefficient (Wildman–Crippen LogP) is 7.82. The number of furan rings is 1. The summed E-state index contributed by atoms with van der Waals surface area (Å²) in [6.07, 6.45) is 1.94. The molecule has 0 saturated carbocycles. The van der Waals surface area contributed by atoms with E-state index in [0.717, 1.165) is 33.2 Å². The van der Waals surface area contributed by atoms with Crippen LogP contribution in [0.3, 0.4) is 0 Å². The number of hydrogen-bond donors (Lipinski definition) is 0. The van der Waals surface area contributed by atoms with Gasteiger partial charge in [-0.1, -0.05) is 76.1 Å². The smallest absolute Gasteiger partial charge is 0.216 e. The Morgan fingerprint density at radius 3 is 2.39 bits per heavy atom. The summed E-state index contributed by atoms with van der Waals surface area (Å²) in [5.74, 6) is -0.795. The summed E-state index contributed by atoms with van der Waals surface area (Å²) >= 11 is 0. The third-order valence-corrected chi connectivity index (χ3v) is 7.01. The fourth-order valence-corrected chi connectivity index (χ4v) is 5.20. The maximum absolute atomic E-state index is 8.57. The zero-order chi connectivity index (χ0) is 29.0. The third kappa shape index (κ3) is 2.70. The number of pyridine rings is 1. The zero-order valence-electron chi connectivity index (χ0n) is 26.2. The van der Waals surface area contributed by atoms with Gasteiger partial charge in [-0.05, 0) is 40.6 Å². The van der Waals surface area contributed by atoms with E-state index >= 15 is 0 Å². The molecule has 0 bridgehead atoms. The maximum atomic E-state index is 8.57. The highest BCUT2D eigenvalue weighted by Crippen LogP contribution is 2.52. The van der Waals surface area contributed by atoms with Gasteiger partial charge in [0.05, 0.1) is 5.56 Å². The Labute approximate surface area is 205 Å². The number of fused-ring (bicyclic) bond motifs is 7. The molecule has 164 valence electrons. The highest BCUT2D eigenvalue weighted by atomic mass is 16.3. The lowest BCUT2D eigenvalue weighted by Gasteiger charge is -2.21. The van der Waals surface area contributed by atoms with Crippen molar-refractivity contribution in [1.82, 2.24) is 0 Å². The summed E-state index contributed by atoms with van der Waals surface area (Å²) < 4.78 is 68.3. The SMILES string of the molecule is [2H]C(C)(C)c1cc[n+](C)c(-c2c(C)ccc3c2oc2c4c(ccc23)C(C([2H])([2H])[2H])(C([2H])([2H])[2H])c2ccccc2-4)c1. The van der Waals surface area contributed by atoms with Gasteiger partial charge in [-0.3, -0.25) is 0 Å². The maximum Gasteiger partial charge on any atom is 0.216 e. The third-order valence-electron chi connectivity index (χ3n) is 7.01. The second-order valence-electron chi connectivity index (χ2n) is 9.31. The van der Waals surface area contributed by atoms with Gasteiger partial charge >= 0.3 is 0 Å². The average molecular weight is 440 g/mol. The van der Waals surface area contributed by atoms with Crippen LogP contribution in [0.4, 0.5) is 0 Å². The van der Waals surface area contributed by atoms with Crippen molar-refractivity contribution in [2.75, 3.05) is 0 Å². The molecule has 3 aromatic carbocycles. The van der Waals surface area contributed by atoms with E-state index < -0.39 is 25.0 Å². The van der Waals surface area contributed by atoms with Crippen LogP contribution in [0.25, 0.3) is 44.3 Å². The van der Waals surface area contributed by atoms with E-state index in [4.69, 9.17) is 14.0 Å². The van der Waals surface area contributed by atoms with E-state index in [2.05, 4.69) is 0 Å². The number of rotatable bonds is 2. The Morgan fingerprint density at radius 1 is 0.909 bits per heavy atom. The van der Waals surface area contributed by atoms with E-state index in [9.17, 15) is 0 Å². The molecule has 0 spiro atoms. The molecule has 0 amide bonds. The Bertz CT molecular complexity index is 1820. The number of benzene rings is 3. The van der Waals surface area contributed by atoms with Gasteiger partial charge in [0.2, 0.25) is 5.69 Å². The van der Waals surface area contributed by atoms with Crippen molar-refractivity contribution in [3.8, 4) is 22.4 Å². The molecule has 0 unspecified atom stereocenters. The molecule has 33 heavy (non-hydrogen) atoms. The van der Waals surface area contributed by atoms with Crippen LogP contribution < -0.4 is 4.57 Å². The van der Waals surface area contributed by atoms with Gasteiger partial charge < -0.3 is 4.42 Å². The molecule has 2 nitrogen and oxygen atoms in total. The van der Waals surface area contributed by atoms with Crippen LogP contribution in [0.15, 0.2) is 71.3 Å². The molecule has 1 aliphatic rings. The summed E-state index contributed by atoms with van der Waals surface area (Å²) in [6.45, 7) is 0.0400. The standard InChI is InChI=1S/C31H30NO/c1-18(2)20-15-16-32(6)26(17-20)27-19(3)11-12-21-22-13-14-25-28(30(22)33-29(21)27)23-9-7-8-10-24(23)31(25,4)5/h7-18H,1-6H3/q+1/i4D3,5D3,18D. The summed E-state index contributed by atoms with van der Waals surface area (Å²) in [6, 6.07) is 18.3. The van der Waals surface area contributed by atoms with Gasteiger partial charge in [-0.15, -0.1) is 0 Å². The molecular weight excluding hydrogens is 402 g/mol. The molecule has 2 heterocycles. The van der Waals surface area contributed by atoms with Crippen molar-refractivity contribution in [2.24, 2.45) is 7.05 Å². The molecule has 0 atom stereocenters. The first-order chi connectivity index (χ1) is 18.6. The van der Waals surface area contributed by atoms with Gasteiger partial charge in [0, 0.05) is 43.5 Å². The average Bonchev–Trinajstić information content (AvgIpc) is 3.37. The molecular formula is C31H30NO+. The van der Waals surface area contributed by atoms with Crippen LogP contribution in [0.1, 0.15) is 65.3 Å². The zero-order valence-corrected chi connectivity index (χ0v) is 19.2. The fourth-order valence-electron chi connectivity index (χ4n) is 5.20. The van der Waals surface area contributed by atoms with E-state index in [-0.39, 0.29) is 11.1 Å². The second-order valence-corrected chi connectivity index (χ2v) is 9.31. The molecule has 2 aromatic heterocycles. The topological polar surface area (TPSA) is 17.0 Å².